The lowest BCUT2D eigenvalue weighted by Crippen LogP contribution is -2.19. The highest BCUT2D eigenvalue weighted by atomic mass is 79.9. The third-order valence-corrected chi connectivity index (χ3v) is 3.00. The van der Waals surface area contributed by atoms with Gasteiger partial charge < -0.3 is 9.84 Å². The summed E-state index contributed by atoms with van der Waals surface area (Å²) in [6.07, 6.45) is 1.52. The summed E-state index contributed by atoms with van der Waals surface area (Å²) >= 11 is 3.23. The molecule has 1 atom stereocenters. The molecule has 1 unspecified atom stereocenters. The minimum absolute atomic E-state index is 0.0835. The normalized spacial score (nSPS) is 12.6. The lowest BCUT2D eigenvalue weighted by Gasteiger charge is -2.14. The zero-order valence-electron chi connectivity index (χ0n) is 9.28. The average Bonchev–Trinajstić information content (AvgIpc) is 2.78. The topological polar surface area (TPSA) is 38.1 Å². The number of hydrogen-bond donors (Lipinski definition) is 1. The van der Waals surface area contributed by atoms with Gasteiger partial charge in [0, 0.05) is 28.7 Å². The molecular weight excluding hydrogens is 287 g/mol. The van der Waals surface area contributed by atoms with Crippen LogP contribution < -0.4 is 5.32 Å². The van der Waals surface area contributed by atoms with Crippen LogP contribution in [0.2, 0.25) is 0 Å². The molecule has 2 rings (SSSR count). The second-order valence-electron chi connectivity index (χ2n) is 3.76. The first-order valence-corrected chi connectivity index (χ1v) is 6.03. The maximum Gasteiger partial charge on any atom is 0.129 e. The largest absolute Gasteiger partial charge is 0.364 e. The smallest absolute Gasteiger partial charge is 0.129 e. The van der Waals surface area contributed by atoms with Crippen molar-refractivity contribution in [1.29, 1.82) is 0 Å². The number of hydrogen-bond acceptors (Lipinski definition) is 3. The number of nitrogens with one attached hydrogen (secondary N) is 1. The molecule has 90 valence electrons. The van der Waals surface area contributed by atoms with Crippen LogP contribution >= 0.6 is 15.9 Å². The molecule has 1 aromatic carbocycles. The minimum Gasteiger partial charge on any atom is -0.364 e. The first-order valence-electron chi connectivity index (χ1n) is 5.24. The molecule has 1 heterocycles. The summed E-state index contributed by atoms with van der Waals surface area (Å²) < 4.78 is 19.1. The Balaban J connectivity index is 2.01. The highest BCUT2D eigenvalue weighted by Crippen LogP contribution is 2.21. The molecule has 0 amide bonds. The molecule has 3 nitrogen and oxygen atoms in total. The van der Waals surface area contributed by atoms with Gasteiger partial charge in [-0.2, -0.15) is 0 Å². The Morgan fingerprint density at radius 1 is 1.47 bits per heavy atom. The van der Waals surface area contributed by atoms with Crippen molar-refractivity contribution in [2.75, 3.05) is 0 Å². The lowest BCUT2D eigenvalue weighted by molar-refractivity contribution is 0.405. The van der Waals surface area contributed by atoms with Gasteiger partial charge in [0.1, 0.15) is 12.1 Å². The van der Waals surface area contributed by atoms with E-state index in [-0.39, 0.29) is 11.9 Å². The van der Waals surface area contributed by atoms with Gasteiger partial charge in [0.25, 0.3) is 0 Å². The van der Waals surface area contributed by atoms with Gasteiger partial charge in [0.05, 0.1) is 5.69 Å². The van der Waals surface area contributed by atoms with Gasteiger partial charge >= 0.3 is 0 Å². The molecule has 0 aliphatic heterocycles. The third kappa shape index (κ3) is 3.14. The SMILES string of the molecule is CC(NCc1ccon1)c1ccc(Br)cc1F. The van der Waals surface area contributed by atoms with Gasteiger partial charge in [-0.1, -0.05) is 27.2 Å². The van der Waals surface area contributed by atoms with E-state index >= 15 is 0 Å². The van der Waals surface area contributed by atoms with E-state index in [1.165, 1.54) is 12.3 Å². The van der Waals surface area contributed by atoms with Crippen LogP contribution in [0.3, 0.4) is 0 Å². The third-order valence-electron chi connectivity index (χ3n) is 2.51. The van der Waals surface area contributed by atoms with Crippen molar-refractivity contribution in [2.45, 2.75) is 19.5 Å². The predicted molar refractivity (Wildman–Crippen MR) is 65.9 cm³/mol. The summed E-state index contributed by atoms with van der Waals surface area (Å²) in [7, 11) is 0. The maximum atomic E-state index is 13.7. The van der Waals surface area contributed by atoms with Crippen LogP contribution in [-0.4, -0.2) is 5.16 Å². The molecule has 0 aliphatic rings. The molecule has 0 bridgehead atoms. The fourth-order valence-corrected chi connectivity index (χ4v) is 1.88. The number of benzene rings is 1. The van der Waals surface area contributed by atoms with Crippen LogP contribution in [0, 0.1) is 5.82 Å². The Morgan fingerprint density at radius 3 is 2.94 bits per heavy atom. The predicted octanol–water partition coefficient (Wildman–Crippen LogP) is 3.43. The van der Waals surface area contributed by atoms with E-state index < -0.39 is 0 Å². The second-order valence-corrected chi connectivity index (χ2v) is 4.67. The van der Waals surface area contributed by atoms with E-state index in [0.717, 1.165) is 10.2 Å². The van der Waals surface area contributed by atoms with Gasteiger partial charge in [-0.15, -0.1) is 0 Å². The fourth-order valence-electron chi connectivity index (χ4n) is 1.55. The summed E-state index contributed by atoms with van der Waals surface area (Å²) in [6, 6.07) is 6.74. The minimum atomic E-state index is -0.223. The van der Waals surface area contributed by atoms with Crippen LogP contribution in [0.5, 0.6) is 0 Å². The Hall–Kier alpha value is -1.20. The molecule has 0 saturated heterocycles. The van der Waals surface area contributed by atoms with E-state index in [2.05, 4.69) is 26.4 Å². The van der Waals surface area contributed by atoms with E-state index in [9.17, 15) is 4.39 Å². The Morgan fingerprint density at radius 2 is 2.29 bits per heavy atom. The van der Waals surface area contributed by atoms with Crippen molar-refractivity contribution in [3.05, 3.63) is 52.1 Å². The summed E-state index contributed by atoms with van der Waals surface area (Å²) in [5, 5.41) is 6.96. The van der Waals surface area contributed by atoms with Gasteiger partial charge in [-0.3, -0.25) is 0 Å². The lowest BCUT2D eigenvalue weighted by atomic mass is 10.1. The molecule has 5 heteroatoms. The Labute approximate surface area is 107 Å². The molecule has 17 heavy (non-hydrogen) atoms. The highest BCUT2D eigenvalue weighted by Gasteiger charge is 2.11. The van der Waals surface area contributed by atoms with Crippen LogP contribution in [0.4, 0.5) is 4.39 Å². The van der Waals surface area contributed by atoms with E-state index in [1.54, 1.807) is 12.1 Å². The average molecular weight is 299 g/mol. The first-order chi connectivity index (χ1) is 8.16. The molecule has 0 saturated carbocycles. The van der Waals surface area contributed by atoms with Crippen molar-refractivity contribution < 1.29 is 8.91 Å². The van der Waals surface area contributed by atoms with Gasteiger partial charge in [-0.05, 0) is 19.1 Å². The number of halogens is 2. The monoisotopic (exact) mass is 298 g/mol. The standard InChI is InChI=1S/C12H12BrFN2O/c1-8(15-7-10-4-5-17-16-10)11-3-2-9(13)6-12(11)14/h2-6,8,15H,7H2,1H3. The molecule has 0 spiro atoms. The van der Waals surface area contributed by atoms with Crippen LogP contribution in [0.15, 0.2) is 39.5 Å². The number of nitrogens with zero attached hydrogens (tertiary/aromatic N) is 1. The summed E-state index contributed by atoms with van der Waals surface area (Å²) in [5.41, 5.74) is 1.44. The van der Waals surface area contributed by atoms with Gasteiger partial charge in [-0.25, -0.2) is 4.39 Å². The molecule has 1 N–H and O–H groups in total. The number of rotatable bonds is 4. The number of aromatic nitrogens is 1. The van der Waals surface area contributed by atoms with Crippen molar-refractivity contribution in [2.24, 2.45) is 0 Å². The second kappa shape index (κ2) is 5.42. The van der Waals surface area contributed by atoms with Crippen LogP contribution in [-0.2, 0) is 6.54 Å². The molecule has 0 radical (unpaired) electrons. The van der Waals surface area contributed by atoms with Crippen LogP contribution in [0.1, 0.15) is 24.2 Å². The van der Waals surface area contributed by atoms with Crippen molar-refractivity contribution >= 4 is 15.9 Å². The van der Waals surface area contributed by atoms with E-state index in [0.29, 0.717) is 12.1 Å². The van der Waals surface area contributed by atoms with Crippen molar-refractivity contribution in [3.8, 4) is 0 Å². The van der Waals surface area contributed by atoms with Crippen LogP contribution in [0.25, 0.3) is 0 Å². The quantitative estimate of drug-likeness (QED) is 0.940. The Bertz CT molecular complexity index is 487. The zero-order valence-corrected chi connectivity index (χ0v) is 10.9. The van der Waals surface area contributed by atoms with E-state index in [1.807, 2.05) is 13.0 Å². The zero-order chi connectivity index (χ0) is 12.3. The van der Waals surface area contributed by atoms with Crippen molar-refractivity contribution in [1.82, 2.24) is 10.5 Å². The molecule has 0 aliphatic carbocycles. The summed E-state index contributed by atoms with van der Waals surface area (Å²) in [6.45, 7) is 2.46. The molecule has 2 aromatic rings. The van der Waals surface area contributed by atoms with Gasteiger partial charge in [0.2, 0.25) is 0 Å². The molecule has 1 aromatic heterocycles. The fraction of sp³-hybridized carbons (Fsp3) is 0.250. The van der Waals surface area contributed by atoms with E-state index in [4.69, 9.17) is 4.52 Å². The molecular formula is C12H12BrFN2O. The highest BCUT2D eigenvalue weighted by molar-refractivity contribution is 9.10. The first kappa shape index (κ1) is 12.3. The van der Waals surface area contributed by atoms with Gasteiger partial charge in [0.15, 0.2) is 0 Å². The summed E-state index contributed by atoms with van der Waals surface area (Å²) in [4.78, 5) is 0. The molecule has 0 fully saturated rings. The maximum absolute atomic E-state index is 13.7. The summed E-state index contributed by atoms with van der Waals surface area (Å²) in [5.74, 6) is -0.223. The Kier molecular flexibility index (Phi) is 3.91. The van der Waals surface area contributed by atoms with Crippen molar-refractivity contribution in [3.63, 3.8) is 0 Å².